The van der Waals surface area contributed by atoms with Crippen LogP contribution < -0.4 is 10.6 Å². The molecule has 142 valence electrons. The molecule has 0 amide bonds. The quantitative estimate of drug-likeness (QED) is 0.270. The first-order valence-corrected chi connectivity index (χ1v) is 9.18. The number of guanidine groups is 1. The second-order valence-electron chi connectivity index (χ2n) is 6.41. The Kier molecular flexibility index (Phi) is 11.0. The van der Waals surface area contributed by atoms with Gasteiger partial charge in [0.1, 0.15) is 5.82 Å². The molecule has 0 unspecified atom stereocenters. The van der Waals surface area contributed by atoms with Gasteiger partial charge in [0.2, 0.25) is 0 Å². The lowest BCUT2D eigenvalue weighted by Gasteiger charge is -2.14. The zero-order chi connectivity index (χ0) is 17.2. The monoisotopic (exact) mass is 462 g/mol. The van der Waals surface area contributed by atoms with Crippen molar-refractivity contribution >= 4 is 29.9 Å². The van der Waals surface area contributed by atoms with Crippen molar-refractivity contribution in [3.63, 3.8) is 0 Å². The fourth-order valence-corrected chi connectivity index (χ4v) is 3.09. The summed E-state index contributed by atoms with van der Waals surface area (Å²) in [6.07, 6.45) is 4.66. The summed E-state index contributed by atoms with van der Waals surface area (Å²) < 4.78 is 13.1. The summed E-state index contributed by atoms with van der Waals surface area (Å²) in [6, 6.07) is 4.99. The summed E-state index contributed by atoms with van der Waals surface area (Å²) in [5, 5.41) is 6.66. The van der Waals surface area contributed by atoms with Gasteiger partial charge in [-0.2, -0.15) is 0 Å². The predicted octanol–water partition coefficient (Wildman–Crippen LogP) is 3.34. The van der Waals surface area contributed by atoms with Gasteiger partial charge in [-0.25, -0.2) is 4.39 Å². The highest BCUT2D eigenvalue weighted by Crippen LogP contribution is 2.10. The van der Waals surface area contributed by atoms with Crippen LogP contribution in [0.5, 0.6) is 0 Å². The number of halogens is 2. The van der Waals surface area contributed by atoms with Gasteiger partial charge < -0.3 is 15.5 Å². The molecule has 1 aliphatic rings. The topological polar surface area (TPSA) is 39.7 Å². The Morgan fingerprint density at radius 1 is 1.24 bits per heavy atom. The van der Waals surface area contributed by atoms with Crippen LogP contribution in [0.2, 0.25) is 0 Å². The highest BCUT2D eigenvalue weighted by molar-refractivity contribution is 14.0. The number of benzene rings is 1. The normalized spacial score (nSPS) is 15.1. The van der Waals surface area contributed by atoms with Crippen molar-refractivity contribution in [2.45, 2.75) is 39.5 Å². The van der Waals surface area contributed by atoms with Gasteiger partial charge in [0.25, 0.3) is 0 Å². The lowest BCUT2D eigenvalue weighted by molar-refractivity contribution is 0.336. The van der Waals surface area contributed by atoms with Crippen LogP contribution in [0.3, 0.4) is 0 Å². The van der Waals surface area contributed by atoms with Crippen LogP contribution in [0.1, 0.15) is 37.3 Å². The Morgan fingerprint density at radius 3 is 2.68 bits per heavy atom. The Labute approximate surface area is 168 Å². The van der Waals surface area contributed by atoms with Crippen molar-refractivity contribution < 1.29 is 4.39 Å². The molecule has 4 nitrogen and oxygen atoms in total. The summed E-state index contributed by atoms with van der Waals surface area (Å²) in [5.41, 5.74) is 2.18. The molecule has 25 heavy (non-hydrogen) atoms. The van der Waals surface area contributed by atoms with E-state index in [2.05, 4.69) is 27.4 Å². The number of nitrogens with one attached hydrogen (secondary N) is 2. The molecule has 0 spiro atoms. The van der Waals surface area contributed by atoms with Crippen molar-refractivity contribution in [3.05, 3.63) is 35.1 Å². The molecule has 2 rings (SSSR count). The van der Waals surface area contributed by atoms with E-state index < -0.39 is 0 Å². The zero-order valence-electron chi connectivity index (χ0n) is 15.5. The van der Waals surface area contributed by atoms with Crippen molar-refractivity contribution in [2.24, 2.45) is 4.99 Å². The summed E-state index contributed by atoms with van der Waals surface area (Å²) >= 11 is 0. The lowest BCUT2D eigenvalue weighted by atomic mass is 10.1. The first kappa shape index (κ1) is 22.2. The number of nitrogens with zero attached hydrogens (tertiary/aromatic N) is 2. The van der Waals surface area contributed by atoms with E-state index >= 15 is 0 Å². The Balaban J connectivity index is 0.00000312. The van der Waals surface area contributed by atoms with Gasteiger partial charge in [0, 0.05) is 19.6 Å². The van der Waals surface area contributed by atoms with Crippen LogP contribution in [0.4, 0.5) is 4.39 Å². The van der Waals surface area contributed by atoms with Crippen LogP contribution in [-0.4, -0.2) is 50.1 Å². The van der Waals surface area contributed by atoms with Gasteiger partial charge in [-0.05, 0) is 82.4 Å². The zero-order valence-corrected chi connectivity index (χ0v) is 17.8. The molecule has 0 atom stereocenters. The minimum absolute atomic E-state index is 0. The molecule has 0 aromatic heterocycles. The summed E-state index contributed by atoms with van der Waals surface area (Å²) in [5.74, 6) is 0.704. The van der Waals surface area contributed by atoms with E-state index in [0.717, 1.165) is 50.5 Å². The second kappa shape index (κ2) is 12.5. The van der Waals surface area contributed by atoms with E-state index in [0.29, 0.717) is 0 Å². The van der Waals surface area contributed by atoms with E-state index in [4.69, 9.17) is 0 Å². The molecule has 2 N–H and O–H groups in total. The predicted molar refractivity (Wildman–Crippen MR) is 115 cm³/mol. The molecular weight excluding hydrogens is 430 g/mol. The van der Waals surface area contributed by atoms with Crippen LogP contribution in [0.15, 0.2) is 23.2 Å². The standard InChI is InChI=1S/C19H31FN4.HI/c1-3-21-19(22-10-6-14-24-12-4-5-13-24)23-11-9-17-7-8-18(20)15-16(17)2;/h7-8,15H,3-6,9-14H2,1-2H3,(H2,21,22,23);1H. The first-order valence-electron chi connectivity index (χ1n) is 9.18. The third-order valence-electron chi connectivity index (χ3n) is 4.44. The van der Waals surface area contributed by atoms with Crippen molar-refractivity contribution in [3.8, 4) is 0 Å². The Hall–Kier alpha value is -0.890. The lowest BCUT2D eigenvalue weighted by Crippen LogP contribution is -2.38. The molecule has 1 aromatic carbocycles. The average molecular weight is 462 g/mol. The summed E-state index contributed by atoms with van der Waals surface area (Å²) in [4.78, 5) is 7.17. The SMILES string of the molecule is CCNC(=NCCCN1CCCC1)NCCc1ccc(F)cc1C.I. The van der Waals surface area contributed by atoms with Crippen molar-refractivity contribution in [2.75, 3.05) is 39.3 Å². The van der Waals surface area contributed by atoms with E-state index in [1.165, 1.54) is 37.6 Å². The van der Waals surface area contributed by atoms with Gasteiger partial charge in [-0.1, -0.05) is 6.07 Å². The number of likely N-dealkylation sites (tertiary alicyclic amines) is 1. The number of aliphatic imine (C=N–C) groups is 1. The van der Waals surface area contributed by atoms with E-state index in [9.17, 15) is 4.39 Å². The van der Waals surface area contributed by atoms with Gasteiger partial charge in [-0.15, -0.1) is 24.0 Å². The van der Waals surface area contributed by atoms with Crippen molar-refractivity contribution in [1.29, 1.82) is 0 Å². The molecule has 1 saturated heterocycles. The molecule has 1 aliphatic heterocycles. The largest absolute Gasteiger partial charge is 0.357 e. The van der Waals surface area contributed by atoms with Gasteiger partial charge in [-0.3, -0.25) is 4.99 Å². The Bertz CT molecular complexity index is 530. The van der Waals surface area contributed by atoms with Crippen LogP contribution in [0.25, 0.3) is 0 Å². The number of hydrogen-bond donors (Lipinski definition) is 2. The number of aryl methyl sites for hydroxylation is 1. The molecule has 0 bridgehead atoms. The minimum atomic E-state index is -0.169. The van der Waals surface area contributed by atoms with E-state index in [1.807, 2.05) is 13.0 Å². The maximum atomic E-state index is 13.1. The van der Waals surface area contributed by atoms with Crippen LogP contribution >= 0.6 is 24.0 Å². The van der Waals surface area contributed by atoms with E-state index in [1.54, 1.807) is 6.07 Å². The molecular formula is C19H32FIN4. The Morgan fingerprint density at radius 2 is 2.00 bits per heavy atom. The summed E-state index contributed by atoms with van der Waals surface area (Å²) in [7, 11) is 0. The van der Waals surface area contributed by atoms with Crippen LogP contribution in [0, 0.1) is 12.7 Å². The molecule has 0 aliphatic carbocycles. The minimum Gasteiger partial charge on any atom is -0.357 e. The van der Waals surface area contributed by atoms with Gasteiger partial charge in [0.15, 0.2) is 5.96 Å². The molecule has 0 radical (unpaired) electrons. The van der Waals surface area contributed by atoms with Crippen molar-refractivity contribution in [1.82, 2.24) is 15.5 Å². The van der Waals surface area contributed by atoms with Gasteiger partial charge >= 0.3 is 0 Å². The maximum absolute atomic E-state index is 13.1. The molecule has 6 heteroatoms. The van der Waals surface area contributed by atoms with E-state index in [-0.39, 0.29) is 29.8 Å². The molecule has 1 fully saturated rings. The fraction of sp³-hybridized carbons (Fsp3) is 0.632. The maximum Gasteiger partial charge on any atom is 0.191 e. The smallest absolute Gasteiger partial charge is 0.191 e. The number of hydrogen-bond acceptors (Lipinski definition) is 2. The van der Waals surface area contributed by atoms with Crippen LogP contribution in [-0.2, 0) is 6.42 Å². The van der Waals surface area contributed by atoms with Gasteiger partial charge in [0.05, 0.1) is 0 Å². The highest BCUT2D eigenvalue weighted by atomic mass is 127. The highest BCUT2D eigenvalue weighted by Gasteiger charge is 2.10. The molecule has 1 heterocycles. The summed E-state index contributed by atoms with van der Waals surface area (Å²) in [6.45, 7) is 10.2. The molecule has 1 aromatic rings. The average Bonchev–Trinajstić information content (AvgIpc) is 3.07. The third kappa shape index (κ3) is 8.35. The molecule has 0 saturated carbocycles. The first-order chi connectivity index (χ1) is 11.7. The number of rotatable bonds is 8. The second-order valence-corrected chi connectivity index (χ2v) is 6.41. The fourth-order valence-electron chi connectivity index (χ4n) is 3.09. The third-order valence-corrected chi connectivity index (χ3v) is 4.44.